The second-order valence-corrected chi connectivity index (χ2v) is 9.40. The van der Waals surface area contributed by atoms with E-state index in [2.05, 4.69) is 29.6 Å². The molecule has 0 saturated carbocycles. The maximum absolute atomic E-state index is 12.6. The highest BCUT2D eigenvalue weighted by Crippen LogP contribution is 2.17. The number of carbonyl (C=O) groups is 2. The van der Waals surface area contributed by atoms with Crippen LogP contribution in [0.1, 0.15) is 61.6 Å². The number of nitrogens with one attached hydrogen (secondary N) is 1. The predicted molar refractivity (Wildman–Crippen MR) is 147 cm³/mol. The number of methoxy groups -OCH3 is 1. The number of amides is 1. The first-order valence-corrected chi connectivity index (χ1v) is 13.3. The Morgan fingerprint density at radius 2 is 1.38 bits per heavy atom. The van der Waals surface area contributed by atoms with Crippen LogP contribution in [0.25, 0.3) is 0 Å². The van der Waals surface area contributed by atoms with Crippen LogP contribution >= 0.6 is 0 Å². The fourth-order valence-electron chi connectivity index (χ4n) is 4.28. The highest BCUT2D eigenvalue weighted by atomic mass is 16.5. The topological polar surface area (TPSA) is 64.6 Å². The van der Waals surface area contributed by atoms with Gasteiger partial charge in [0.15, 0.2) is 0 Å². The van der Waals surface area contributed by atoms with E-state index >= 15 is 0 Å². The first-order chi connectivity index (χ1) is 18.1. The number of rotatable bonds is 16. The Morgan fingerprint density at radius 3 is 2.05 bits per heavy atom. The Kier molecular flexibility index (Phi) is 12.3. The zero-order chi connectivity index (χ0) is 26.1. The summed E-state index contributed by atoms with van der Waals surface area (Å²) >= 11 is 0. The quantitative estimate of drug-likeness (QED) is 0.181. The van der Waals surface area contributed by atoms with Crippen molar-refractivity contribution in [3.8, 4) is 5.75 Å². The minimum Gasteiger partial charge on any atom is -0.489 e. The maximum atomic E-state index is 12.6. The number of hydrogen-bond donors (Lipinski definition) is 1. The van der Waals surface area contributed by atoms with Crippen LogP contribution in [-0.2, 0) is 33.8 Å². The third-order valence-corrected chi connectivity index (χ3v) is 6.41. The Bertz CT molecular complexity index is 1050. The molecular weight excluding hydrogens is 462 g/mol. The van der Waals surface area contributed by atoms with Crippen LogP contribution < -0.4 is 10.1 Å². The molecule has 3 rings (SSSR count). The summed E-state index contributed by atoms with van der Waals surface area (Å²) in [5, 5.41) is 3.15. The van der Waals surface area contributed by atoms with E-state index in [1.807, 2.05) is 60.7 Å². The zero-order valence-corrected chi connectivity index (χ0v) is 21.9. The Hall–Kier alpha value is -3.60. The van der Waals surface area contributed by atoms with Crippen molar-refractivity contribution >= 4 is 11.9 Å². The van der Waals surface area contributed by atoms with Crippen molar-refractivity contribution in [3.63, 3.8) is 0 Å². The fourth-order valence-corrected chi connectivity index (χ4v) is 4.28. The molecule has 0 aliphatic rings. The fraction of sp³-hybridized carbons (Fsp3) is 0.375. The first kappa shape index (κ1) is 28.0. The third-order valence-electron chi connectivity index (χ3n) is 6.41. The van der Waals surface area contributed by atoms with Gasteiger partial charge in [-0.25, -0.2) is 0 Å². The van der Waals surface area contributed by atoms with Gasteiger partial charge in [0.2, 0.25) is 5.91 Å². The summed E-state index contributed by atoms with van der Waals surface area (Å²) in [5.74, 6) is 0.582. The monoisotopic (exact) mass is 501 g/mol. The number of aryl methyl sites for hydroxylation is 1. The van der Waals surface area contributed by atoms with Crippen molar-refractivity contribution in [3.05, 3.63) is 102 Å². The molecule has 0 aliphatic heterocycles. The number of hydrogen-bond acceptors (Lipinski definition) is 4. The third kappa shape index (κ3) is 11.3. The average molecular weight is 502 g/mol. The van der Waals surface area contributed by atoms with E-state index in [0.29, 0.717) is 25.9 Å². The second kappa shape index (κ2) is 16.2. The molecule has 0 bridgehead atoms. The molecule has 0 saturated heterocycles. The molecule has 37 heavy (non-hydrogen) atoms. The minimum atomic E-state index is -0.262. The van der Waals surface area contributed by atoms with E-state index in [-0.39, 0.29) is 24.3 Å². The molecule has 0 aliphatic carbocycles. The Morgan fingerprint density at radius 1 is 0.730 bits per heavy atom. The number of benzene rings is 3. The standard InChI is InChI=1S/C32H39NO4/c1-36-32(35)23-20-29(33-31(34)17-11-3-2-6-12-26-13-7-4-8-14-26)24-27-18-21-30(22-19-27)37-25-28-15-9-5-10-16-28/h4-5,7-10,13-16,18-19,21-22,29H,2-3,6,11-12,17,20,23-25H2,1H3,(H,33,34). The SMILES string of the molecule is COC(=O)CCC(Cc1ccc(OCc2ccccc2)cc1)NC(=O)CCCCCCc1ccccc1. The van der Waals surface area contributed by atoms with Gasteiger partial charge in [-0.3, -0.25) is 9.59 Å². The number of carbonyl (C=O) groups excluding carboxylic acids is 2. The summed E-state index contributed by atoms with van der Waals surface area (Å²) in [5.41, 5.74) is 3.57. The van der Waals surface area contributed by atoms with Crippen LogP contribution in [-0.4, -0.2) is 25.0 Å². The first-order valence-electron chi connectivity index (χ1n) is 13.3. The Labute approximate surface area is 221 Å². The van der Waals surface area contributed by atoms with Crippen LogP contribution in [0.2, 0.25) is 0 Å². The highest BCUT2D eigenvalue weighted by Gasteiger charge is 2.15. The van der Waals surface area contributed by atoms with Crippen LogP contribution in [0.3, 0.4) is 0 Å². The van der Waals surface area contributed by atoms with Gasteiger partial charge in [0.25, 0.3) is 0 Å². The lowest BCUT2D eigenvalue weighted by Crippen LogP contribution is -2.36. The summed E-state index contributed by atoms with van der Waals surface area (Å²) in [7, 11) is 1.39. The molecule has 0 fully saturated rings. The summed E-state index contributed by atoms with van der Waals surface area (Å²) in [6, 6.07) is 28.4. The molecule has 0 radical (unpaired) electrons. The van der Waals surface area contributed by atoms with Gasteiger partial charge in [0.05, 0.1) is 7.11 Å². The van der Waals surface area contributed by atoms with Crippen LogP contribution in [0, 0.1) is 0 Å². The van der Waals surface area contributed by atoms with E-state index < -0.39 is 0 Å². The lowest BCUT2D eigenvalue weighted by Gasteiger charge is -2.19. The van der Waals surface area contributed by atoms with Crippen molar-refractivity contribution in [2.24, 2.45) is 0 Å². The summed E-state index contributed by atoms with van der Waals surface area (Å²) < 4.78 is 10.7. The van der Waals surface area contributed by atoms with Crippen molar-refractivity contribution in [1.29, 1.82) is 0 Å². The summed E-state index contributed by atoms with van der Waals surface area (Å²) in [6.07, 6.45) is 7.23. The molecular formula is C32H39NO4. The molecule has 5 heteroatoms. The molecule has 0 heterocycles. The van der Waals surface area contributed by atoms with Gasteiger partial charge in [0.1, 0.15) is 12.4 Å². The van der Waals surface area contributed by atoms with Crippen molar-refractivity contribution in [1.82, 2.24) is 5.32 Å². The molecule has 1 atom stereocenters. The van der Waals surface area contributed by atoms with Gasteiger partial charge >= 0.3 is 5.97 Å². The smallest absolute Gasteiger partial charge is 0.305 e. The lowest BCUT2D eigenvalue weighted by atomic mass is 10.0. The molecule has 196 valence electrons. The van der Waals surface area contributed by atoms with E-state index in [4.69, 9.17) is 9.47 Å². The van der Waals surface area contributed by atoms with E-state index in [1.165, 1.54) is 12.7 Å². The molecule has 3 aromatic rings. The average Bonchev–Trinajstić information content (AvgIpc) is 2.94. The summed E-state index contributed by atoms with van der Waals surface area (Å²) in [6.45, 7) is 0.518. The van der Waals surface area contributed by atoms with Gasteiger partial charge in [-0.05, 0) is 60.9 Å². The molecule has 5 nitrogen and oxygen atoms in total. The maximum Gasteiger partial charge on any atom is 0.305 e. The normalized spacial score (nSPS) is 11.5. The molecule has 1 N–H and O–H groups in total. The number of unbranched alkanes of at least 4 members (excludes halogenated alkanes) is 3. The van der Waals surface area contributed by atoms with Gasteiger partial charge in [-0.1, -0.05) is 85.6 Å². The zero-order valence-electron chi connectivity index (χ0n) is 21.9. The molecule has 3 aromatic carbocycles. The van der Waals surface area contributed by atoms with Gasteiger partial charge in [0, 0.05) is 18.9 Å². The largest absolute Gasteiger partial charge is 0.489 e. The highest BCUT2D eigenvalue weighted by molar-refractivity contribution is 5.76. The summed E-state index contributed by atoms with van der Waals surface area (Å²) in [4.78, 5) is 24.4. The van der Waals surface area contributed by atoms with E-state index in [9.17, 15) is 9.59 Å². The number of esters is 1. The van der Waals surface area contributed by atoms with Crippen LogP contribution in [0.4, 0.5) is 0 Å². The predicted octanol–water partition coefficient (Wildman–Crippen LogP) is 6.44. The van der Waals surface area contributed by atoms with Crippen molar-refractivity contribution < 1.29 is 19.1 Å². The van der Waals surface area contributed by atoms with Gasteiger partial charge < -0.3 is 14.8 Å². The molecule has 1 unspecified atom stereocenters. The molecule has 1 amide bonds. The van der Waals surface area contributed by atoms with Crippen LogP contribution in [0.15, 0.2) is 84.9 Å². The van der Waals surface area contributed by atoms with Crippen LogP contribution in [0.5, 0.6) is 5.75 Å². The van der Waals surface area contributed by atoms with E-state index in [0.717, 1.165) is 49.0 Å². The molecule has 0 spiro atoms. The second-order valence-electron chi connectivity index (χ2n) is 9.40. The number of ether oxygens (including phenoxy) is 2. The lowest BCUT2D eigenvalue weighted by molar-refractivity contribution is -0.141. The van der Waals surface area contributed by atoms with E-state index in [1.54, 1.807) is 0 Å². The van der Waals surface area contributed by atoms with Crippen molar-refractivity contribution in [2.45, 2.75) is 70.4 Å². The van der Waals surface area contributed by atoms with Gasteiger partial charge in [-0.15, -0.1) is 0 Å². The van der Waals surface area contributed by atoms with Crippen molar-refractivity contribution in [2.75, 3.05) is 7.11 Å². The molecule has 0 aromatic heterocycles. The Balaban J connectivity index is 1.41. The minimum absolute atomic E-state index is 0.0424. The van der Waals surface area contributed by atoms with Gasteiger partial charge in [-0.2, -0.15) is 0 Å².